The molecular weight excluding hydrogens is 433 g/mol. The molecule has 0 bridgehead atoms. The van der Waals surface area contributed by atoms with Gasteiger partial charge in [-0.05, 0) is 35.2 Å². The van der Waals surface area contributed by atoms with Gasteiger partial charge in [0, 0.05) is 10.9 Å². The maximum absolute atomic E-state index is 12.8. The minimum atomic E-state index is -4.86. The van der Waals surface area contributed by atoms with Crippen LogP contribution in [0.15, 0.2) is 42.5 Å². The second-order valence-corrected chi connectivity index (χ2v) is 6.63. The van der Waals surface area contributed by atoms with Crippen LogP contribution in [0.5, 0.6) is 17.2 Å². The molecule has 1 aliphatic rings. The Morgan fingerprint density at radius 2 is 1.62 bits per heavy atom. The maximum atomic E-state index is 12.8. The SMILES string of the molecule is COC(=O)c1cc2ccc3c(c2c(-c2ccc(OC(F)(F)F)cc2)c1C(=O)OC)OCO3. The van der Waals surface area contributed by atoms with E-state index in [1.165, 1.54) is 18.2 Å². The van der Waals surface area contributed by atoms with Gasteiger partial charge in [0.2, 0.25) is 6.79 Å². The second-order valence-electron chi connectivity index (χ2n) is 6.63. The summed E-state index contributed by atoms with van der Waals surface area (Å²) in [5.41, 5.74) is 0.340. The molecule has 4 rings (SSSR count). The molecule has 3 aromatic carbocycles. The van der Waals surface area contributed by atoms with Crippen LogP contribution in [0.1, 0.15) is 20.7 Å². The number of methoxy groups -OCH3 is 2. The highest BCUT2D eigenvalue weighted by Gasteiger charge is 2.32. The van der Waals surface area contributed by atoms with E-state index in [4.69, 9.17) is 18.9 Å². The number of hydrogen-bond donors (Lipinski definition) is 0. The number of halogens is 3. The number of carbonyl (C=O) groups excluding carboxylic acids is 2. The molecule has 0 fully saturated rings. The van der Waals surface area contributed by atoms with Gasteiger partial charge in [0.1, 0.15) is 5.75 Å². The first-order chi connectivity index (χ1) is 15.2. The van der Waals surface area contributed by atoms with Gasteiger partial charge in [0.15, 0.2) is 11.5 Å². The molecule has 166 valence electrons. The molecule has 0 saturated heterocycles. The van der Waals surface area contributed by atoms with Crippen LogP contribution in [0, 0.1) is 0 Å². The lowest BCUT2D eigenvalue weighted by molar-refractivity contribution is -0.274. The topological polar surface area (TPSA) is 80.3 Å². The monoisotopic (exact) mass is 448 g/mol. The molecule has 0 amide bonds. The summed E-state index contributed by atoms with van der Waals surface area (Å²) < 4.78 is 62.3. The number of ether oxygens (including phenoxy) is 5. The lowest BCUT2D eigenvalue weighted by Gasteiger charge is -2.17. The van der Waals surface area contributed by atoms with E-state index in [1.807, 2.05) is 0 Å². The summed E-state index contributed by atoms with van der Waals surface area (Å²) in [6.07, 6.45) is -4.86. The average Bonchev–Trinajstić information content (AvgIpc) is 3.25. The van der Waals surface area contributed by atoms with Crippen molar-refractivity contribution < 1.29 is 46.4 Å². The molecule has 7 nitrogen and oxygen atoms in total. The van der Waals surface area contributed by atoms with Crippen molar-refractivity contribution in [3.8, 4) is 28.4 Å². The van der Waals surface area contributed by atoms with Crippen LogP contribution in [-0.2, 0) is 9.47 Å². The van der Waals surface area contributed by atoms with E-state index in [-0.39, 0.29) is 23.5 Å². The number of fused-ring (bicyclic) bond motifs is 3. The number of benzene rings is 3. The van der Waals surface area contributed by atoms with Gasteiger partial charge in [-0.1, -0.05) is 18.2 Å². The van der Waals surface area contributed by atoms with Crippen LogP contribution in [0.3, 0.4) is 0 Å². The first-order valence-electron chi connectivity index (χ1n) is 9.15. The van der Waals surface area contributed by atoms with Crippen LogP contribution < -0.4 is 14.2 Å². The standard InChI is InChI=1S/C22H15F3O7/c1-28-20(26)14-9-12-5-8-15-19(31-10-30-15)17(12)16(18(14)21(27)29-2)11-3-6-13(7-4-11)32-22(23,24)25/h3-9H,10H2,1-2H3. The van der Waals surface area contributed by atoms with Gasteiger partial charge < -0.3 is 23.7 Å². The molecule has 10 heteroatoms. The Morgan fingerprint density at radius 1 is 0.938 bits per heavy atom. The Kier molecular flexibility index (Phi) is 5.29. The van der Waals surface area contributed by atoms with Crippen molar-refractivity contribution in [2.24, 2.45) is 0 Å². The number of hydrogen-bond acceptors (Lipinski definition) is 7. The van der Waals surface area contributed by atoms with Gasteiger partial charge in [-0.25, -0.2) is 9.59 Å². The fraction of sp³-hybridized carbons (Fsp3) is 0.182. The summed E-state index contributed by atoms with van der Waals surface area (Å²) in [4.78, 5) is 25.3. The minimum Gasteiger partial charge on any atom is -0.465 e. The van der Waals surface area contributed by atoms with E-state index >= 15 is 0 Å². The zero-order valence-corrected chi connectivity index (χ0v) is 16.7. The molecule has 0 saturated carbocycles. The Bertz CT molecular complexity index is 1220. The van der Waals surface area contributed by atoms with Crippen molar-refractivity contribution in [3.05, 3.63) is 53.6 Å². The molecule has 0 aliphatic carbocycles. The lowest BCUT2D eigenvalue weighted by Crippen LogP contribution is -2.17. The number of carbonyl (C=O) groups is 2. The molecule has 0 radical (unpaired) electrons. The highest BCUT2D eigenvalue weighted by molar-refractivity contribution is 6.17. The molecule has 1 aliphatic heterocycles. The van der Waals surface area contributed by atoms with Gasteiger partial charge in [-0.3, -0.25) is 0 Å². The normalized spacial score (nSPS) is 12.5. The third kappa shape index (κ3) is 3.75. The summed E-state index contributed by atoms with van der Waals surface area (Å²) in [5, 5.41) is 0.950. The van der Waals surface area contributed by atoms with Crippen molar-refractivity contribution in [2.75, 3.05) is 21.0 Å². The highest BCUT2D eigenvalue weighted by atomic mass is 19.4. The average molecular weight is 448 g/mol. The molecule has 3 aromatic rings. The molecule has 0 N–H and O–H groups in total. The summed E-state index contributed by atoms with van der Waals surface area (Å²) in [7, 11) is 2.31. The highest BCUT2D eigenvalue weighted by Crippen LogP contribution is 2.46. The van der Waals surface area contributed by atoms with Gasteiger partial charge >= 0.3 is 18.3 Å². The molecular formula is C22H15F3O7. The summed E-state index contributed by atoms with van der Waals surface area (Å²) in [6.45, 7) is -0.0570. The van der Waals surface area contributed by atoms with E-state index in [0.29, 0.717) is 27.8 Å². The summed E-state index contributed by atoms with van der Waals surface area (Å²) in [6, 6.07) is 9.63. The first-order valence-corrected chi connectivity index (χ1v) is 9.15. The van der Waals surface area contributed by atoms with Crippen molar-refractivity contribution in [3.63, 3.8) is 0 Å². The van der Waals surface area contributed by atoms with Gasteiger partial charge in [0.25, 0.3) is 0 Å². The third-order valence-corrected chi connectivity index (χ3v) is 4.81. The van der Waals surface area contributed by atoms with Crippen molar-refractivity contribution in [2.45, 2.75) is 6.36 Å². The molecule has 0 unspecified atom stereocenters. The Labute approximate surface area is 179 Å². The van der Waals surface area contributed by atoms with Gasteiger partial charge in [0.05, 0.1) is 25.3 Å². The predicted octanol–water partition coefficient (Wildman–Crippen LogP) is 4.71. The van der Waals surface area contributed by atoms with Crippen LogP contribution in [0.4, 0.5) is 13.2 Å². The Hall–Kier alpha value is -3.95. The molecule has 32 heavy (non-hydrogen) atoms. The van der Waals surface area contributed by atoms with E-state index in [9.17, 15) is 22.8 Å². The Morgan fingerprint density at radius 3 is 2.25 bits per heavy atom. The fourth-order valence-electron chi connectivity index (χ4n) is 3.55. The van der Waals surface area contributed by atoms with E-state index in [1.54, 1.807) is 12.1 Å². The number of esters is 2. The van der Waals surface area contributed by atoms with Crippen LogP contribution in [0.25, 0.3) is 21.9 Å². The first kappa shape index (κ1) is 21.3. The van der Waals surface area contributed by atoms with Gasteiger partial charge in [-0.2, -0.15) is 0 Å². The second kappa shape index (κ2) is 7.95. The van der Waals surface area contributed by atoms with Crippen molar-refractivity contribution >= 4 is 22.7 Å². The van der Waals surface area contributed by atoms with Crippen LogP contribution in [-0.4, -0.2) is 39.3 Å². The van der Waals surface area contributed by atoms with Crippen molar-refractivity contribution in [1.29, 1.82) is 0 Å². The smallest absolute Gasteiger partial charge is 0.465 e. The zero-order valence-electron chi connectivity index (χ0n) is 16.7. The predicted molar refractivity (Wildman–Crippen MR) is 105 cm³/mol. The fourth-order valence-corrected chi connectivity index (χ4v) is 3.55. The van der Waals surface area contributed by atoms with E-state index < -0.39 is 24.1 Å². The van der Waals surface area contributed by atoms with Crippen molar-refractivity contribution in [1.82, 2.24) is 0 Å². The zero-order chi connectivity index (χ0) is 23.0. The van der Waals surface area contributed by atoms with E-state index in [0.717, 1.165) is 26.4 Å². The molecule has 0 aromatic heterocycles. The third-order valence-electron chi connectivity index (χ3n) is 4.81. The minimum absolute atomic E-state index is 0.0570. The largest absolute Gasteiger partial charge is 0.573 e. The summed E-state index contributed by atoms with van der Waals surface area (Å²) in [5.74, 6) is -1.33. The number of alkyl halides is 3. The quantitative estimate of drug-likeness (QED) is 0.535. The molecule has 0 atom stereocenters. The Balaban J connectivity index is 2.05. The van der Waals surface area contributed by atoms with Crippen LogP contribution >= 0.6 is 0 Å². The van der Waals surface area contributed by atoms with E-state index in [2.05, 4.69) is 4.74 Å². The number of rotatable bonds is 4. The molecule has 1 heterocycles. The lowest BCUT2D eigenvalue weighted by atomic mass is 9.88. The molecule has 0 spiro atoms. The maximum Gasteiger partial charge on any atom is 0.573 e. The summed E-state index contributed by atoms with van der Waals surface area (Å²) >= 11 is 0. The van der Waals surface area contributed by atoms with Crippen LogP contribution in [0.2, 0.25) is 0 Å². The van der Waals surface area contributed by atoms with Gasteiger partial charge in [-0.15, -0.1) is 13.2 Å².